The van der Waals surface area contributed by atoms with Crippen molar-refractivity contribution in [3.63, 3.8) is 0 Å². The molecule has 2 aliphatic rings. The largest absolute Gasteiger partial charge is 0.326 e. The molecule has 30 heavy (non-hydrogen) atoms. The maximum atomic E-state index is 13.6. The van der Waals surface area contributed by atoms with Crippen molar-refractivity contribution in [2.24, 2.45) is 0 Å². The number of para-hydroxylation sites is 1. The molecule has 1 atom stereocenters. The summed E-state index contributed by atoms with van der Waals surface area (Å²) < 4.78 is 0. The van der Waals surface area contributed by atoms with E-state index in [2.05, 4.69) is 10.6 Å². The van der Waals surface area contributed by atoms with Crippen molar-refractivity contribution in [3.8, 4) is 0 Å². The van der Waals surface area contributed by atoms with Crippen molar-refractivity contribution in [1.82, 2.24) is 4.90 Å². The highest BCUT2D eigenvalue weighted by molar-refractivity contribution is 6.18. The zero-order valence-corrected chi connectivity index (χ0v) is 16.8. The first-order chi connectivity index (χ1) is 14.4. The average molecular weight is 406 g/mol. The molecule has 0 bridgehead atoms. The van der Waals surface area contributed by atoms with Crippen LogP contribution in [0.25, 0.3) is 0 Å². The molecular weight excluding hydrogens is 384 g/mol. The van der Waals surface area contributed by atoms with E-state index >= 15 is 0 Å². The van der Waals surface area contributed by atoms with Crippen LogP contribution in [-0.4, -0.2) is 40.7 Å². The van der Waals surface area contributed by atoms with Crippen LogP contribution in [0.15, 0.2) is 48.5 Å². The zero-order chi connectivity index (χ0) is 21.5. The van der Waals surface area contributed by atoms with Crippen molar-refractivity contribution < 1.29 is 19.2 Å². The maximum Gasteiger partial charge on any atom is 0.271 e. The fourth-order valence-corrected chi connectivity index (χ4v) is 4.32. The van der Waals surface area contributed by atoms with Gasteiger partial charge >= 0.3 is 0 Å². The van der Waals surface area contributed by atoms with Gasteiger partial charge in [-0.25, -0.2) is 0 Å². The first-order valence-electron chi connectivity index (χ1n) is 9.81. The van der Waals surface area contributed by atoms with Crippen LogP contribution in [0, 0.1) is 0 Å². The summed E-state index contributed by atoms with van der Waals surface area (Å²) in [5.74, 6) is -1.16. The molecule has 4 rings (SSSR count). The number of carbonyl (C=O) groups excluding carboxylic acids is 4. The normalized spacial score (nSPS) is 19.9. The molecule has 1 fully saturated rings. The molecule has 8 nitrogen and oxygen atoms in total. The van der Waals surface area contributed by atoms with E-state index in [1.807, 2.05) is 0 Å². The van der Waals surface area contributed by atoms with E-state index in [0.717, 1.165) is 0 Å². The molecule has 8 heteroatoms. The number of benzene rings is 2. The second kappa shape index (κ2) is 7.29. The Labute approximate surface area is 173 Å². The molecule has 2 aromatic carbocycles. The highest BCUT2D eigenvalue weighted by atomic mass is 16.2. The van der Waals surface area contributed by atoms with Gasteiger partial charge in [-0.3, -0.25) is 24.1 Å². The van der Waals surface area contributed by atoms with Crippen LogP contribution in [-0.2, 0) is 14.4 Å². The molecule has 2 N–H and O–H groups in total. The van der Waals surface area contributed by atoms with Gasteiger partial charge in [-0.05, 0) is 37.3 Å². The molecule has 0 aliphatic carbocycles. The van der Waals surface area contributed by atoms with Gasteiger partial charge in [0.25, 0.3) is 11.8 Å². The summed E-state index contributed by atoms with van der Waals surface area (Å²) in [7, 11) is 0. The predicted octanol–water partition coefficient (Wildman–Crippen LogP) is 2.58. The highest BCUT2D eigenvalue weighted by Crippen LogP contribution is 2.44. The third kappa shape index (κ3) is 2.92. The van der Waals surface area contributed by atoms with Crippen LogP contribution < -0.4 is 15.5 Å². The summed E-state index contributed by atoms with van der Waals surface area (Å²) >= 11 is 0. The lowest BCUT2D eigenvalue weighted by atomic mass is 9.95. The fraction of sp³-hybridized carbons (Fsp3) is 0.273. The Balaban J connectivity index is 1.76. The highest BCUT2D eigenvalue weighted by Gasteiger charge is 2.60. The van der Waals surface area contributed by atoms with Gasteiger partial charge in [-0.2, -0.15) is 0 Å². The molecule has 0 spiro atoms. The Kier molecular flexibility index (Phi) is 4.77. The van der Waals surface area contributed by atoms with E-state index in [1.54, 1.807) is 55.5 Å². The number of amides is 4. The van der Waals surface area contributed by atoms with Crippen molar-refractivity contribution in [3.05, 3.63) is 54.1 Å². The summed E-state index contributed by atoms with van der Waals surface area (Å²) in [6.45, 7) is 3.46. The van der Waals surface area contributed by atoms with Gasteiger partial charge < -0.3 is 15.5 Å². The minimum atomic E-state index is -1.43. The molecule has 154 valence electrons. The number of fused-ring (bicyclic) bond motifs is 3. The third-order valence-corrected chi connectivity index (χ3v) is 5.49. The van der Waals surface area contributed by atoms with Gasteiger partial charge in [-0.1, -0.05) is 18.2 Å². The second-order valence-corrected chi connectivity index (χ2v) is 7.33. The van der Waals surface area contributed by atoms with Crippen LogP contribution in [0.4, 0.5) is 17.1 Å². The number of hydrogen-bond acceptors (Lipinski definition) is 4. The minimum absolute atomic E-state index is 0.164. The van der Waals surface area contributed by atoms with Crippen LogP contribution in [0.5, 0.6) is 0 Å². The Bertz CT molecular complexity index is 1070. The number of anilines is 3. The molecule has 0 radical (unpaired) electrons. The van der Waals surface area contributed by atoms with Gasteiger partial charge in [0, 0.05) is 37.7 Å². The van der Waals surface area contributed by atoms with Crippen LogP contribution in [0.2, 0.25) is 0 Å². The quantitative estimate of drug-likeness (QED) is 0.815. The number of hydrogen-bond donors (Lipinski definition) is 2. The van der Waals surface area contributed by atoms with E-state index in [9.17, 15) is 19.2 Å². The first-order valence-corrected chi connectivity index (χ1v) is 9.81. The van der Waals surface area contributed by atoms with Crippen molar-refractivity contribution in [2.75, 3.05) is 22.1 Å². The van der Waals surface area contributed by atoms with Crippen LogP contribution in [0.3, 0.4) is 0 Å². The fourth-order valence-electron chi connectivity index (χ4n) is 4.32. The van der Waals surface area contributed by atoms with E-state index < -0.39 is 11.6 Å². The SMILES string of the molecule is CCN1C(=O)c2ccccc2N2C(=O)CCC12C(=O)Nc1cccc(NC(C)=O)c1. The molecule has 4 amide bonds. The molecule has 0 aromatic heterocycles. The molecule has 2 aromatic rings. The number of carbonyl (C=O) groups is 4. The summed E-state index contributed by atoms with van der Waals surface area (Å²) in [5, 5.41) is 5.52. The summed E-state index contributed by atoms with van der Waals surface area (Å²) in [5.41, 5.74) is 0.431. The smallest absolute Gasteiger partial charge is 0.271 e. The molecule has 2 heterocycles. The van der Waals surface area contributed by atoms with Gasteiger partial charge in [-0.15, -0.1) is 0 Å². The van der Waals surface area contributed by atoms with E-state index in [0.29, 0.717) is 22.6 Å². The molecule has 1 unspecified atom stereocenters. The predicted molar refractivity (Wildman–Crippen MR) is 112 cm³/mol. The molecular formula is C22H22N4O4. The van der Waals surface area contributed by atoms with Crippen LogP contribution >= 0.6 is 0 Å². The molecule has 2 aliphatic heterocycles. The van der Waals surface area contributed by atoms with E-state index in [-0.39, 0.29) is 37.1 Å². The lowest BCUT2D eigenvalue weighted by Crippen LogP contribution is -2.69. The molecule has 0 saturated carbocycles. The average Bonchev–Trinajstić information content (AvgIpc) is 3.06. The van der Waals surface area contributed by atoms with E-state index in [4.69, 9.17) is 0 Å². The number of nitrogens with zero attached hydrogens (tertiary/aromatic N) is 2. The Hall–Kier alpha value is -3.68. The molecule has 1 saturated heterocycles. The topological polar surface area (TPSA) is 98.8 Å². The van der Waals surface area contributed by atoms with Crippen molar-refractivity contribution in [2.45, 2.75) is 32.4 Å². The van der Waals surface area contributed by atoms with Gasteiger partial charge in [0.2, 0.25) is 17.5 Å². The standard InChI is InChI=1S/C22H22N4O4/c1-3-25-20(29)17-9-4-5-10-18(17)26-19(28)11-12-22(25,26)21(30)24-16-8-6-7-15(13-16)23-14(2)27/h4-10,13H,3,11-12H2,1-2H3,(H,23,27)(H,24,30). The lowest BCUT2D eigenvalue weighted by molar-refractivity contribution is -0.128. The Morgan fingerprint density at radius 1 is 1.03 bits per heavy atom. The van der Waals surface area contributed by atoms with Crippen LogP contribution in [0.1, 0.15) is 37.0 Å². The van der Waals surface area contributed by atoms with Crippen molar-refractivity contribution in [1.29, 1.82) is 0 Å². The minimum Gasteiger partial charge on any atom is -0.326 e. The zero-order valence-electron chi connectivity index (χ0n) is 16.8. The van der Waals surface area contributed by atoms with E-state index in [1.165, 1.54) is 16.7 Å². The Morgan fingerprint density at radius 3 is 2.43 bits per heavy atom. The maximum absolute atomic E-state index is 13.6. The number of likely N-dealkylation sites (N-methyl/N-ethyl adjacent to an activating group) is 1. The Morgan fingerprint density at radius 2 is 1.73 bits per heavy atom. The van der Waals surface area contributed by atoms with Gasteiger partial charge in [0.15, 0.2) is 0 Å². The third-order valence-electron chi connectivity index (χ3n) is 5.49. The first kappa shape index (κ1) is 19.6. The second-order valence-electron chi connectivity index (χ2n) is 7.33. The number of rotatable bonds is 4. The number of nitrogens with one attached hydrogen (secondary N) is 2. The summed E-state index contributed by atoms with van der Waals surface area (Å²) in [6.07, 6.45) is 0.369. The summed E-state index contributed by atoms with van der Waals surface area (Å²) in [6, 6.07) is 13.6. The summed E-state index contributed by atoms with van der Waals surface area (Å²) in [4.78, 5) is 53.9. The van der Waals surface area contributed by atoms with Gasteiger partial charge in [0.05, 0.1) is 11.3 Å². The van der Waals surface area contributed by atoms with Gasteiger partial charge in [0.1, 0.15) is 0 Å². The van der Waals surface area contributed by atoms with Crippen molar-refractivity contribution >= 4 is 40.7 Å². The monoisotopic (exact) mass is 406 g/mol. The lowest BCUT2D eigenvalue weighted by Gasteiger charge is -2.48.